The van der Waals surface area contributed by atoms with Gasteiger partial charge in [-0.3, -0.25) is 4.79 Å². The van der Waals surface area contributed by atoms with Crippen molar-refractivity contribution in [3.63, 3.8) is 0 Å². The smallest absolute Gasteiger partial charge is 0.274 e. The van der Waals surface area contributed by atoms with E-state index in [4.69, 9.17) is 16.3 Å². The SMILES string of the molecule is COc1ccc2[nH]c(C(=O)N3CC(CCl)c4c3cc(NCCO)c3ccccc43)cc2c1. The standard InChI is InChI=1S/C25H24ClN3O3/c1-32-17-6-7-20-15(10-17)11-22(28-20)25(31)29-14-16(13-26)24-19-5-3-2-4-18(19)21(12-23(24)29)27-8-9-30/h2-7,10-12,16,27-28,30H,8-9,13-14H2,1H3. The molecular weight excluding hydrogens is 426 g/mol. The molecule has 1 aromatic heterocycles. The van der Waals surface area contributed by atoms with E-state index in [2.05, 4.69) is 22.4 Å². The first-order chi connectivity index (χ1) is 15.6. The summed E-state index contributed by atoms with van der Waals surface area (Å²) in [5, 5.41) is 15.7. The Labute approximate surface area is 190 Å². The highest BCUT2D eigenvalue weighted by atomic mass is 35.5. The van der Waals surface area contributed by atoms with Crippen LogP contribution in [0.15, 0.2) is 54.6 Å². The Hall–Kier alpha value is -3.22. The summed E-state index contributed by atoms with van der Waals surface area (Å²) in [6, 6.07) is 17.7. The maximum Gasteiger partial charge on any atom is 0.274 e. The zero-order valence-electron chi connectivity index (χ0n) is 17.7. The molecule has 0 saturated carbocycles. The number of halogens is 1. The van der Waals surface area contributed by atoms with Crippen molar-refractivity contribution < 1.29 is 14.6 Å². The Kier molecular flexibility index (Phi) is 5.41. The molecule has 0 aliphatic carbocycles. The van der Waals surface area contributed by atoms with Gasteiger partial charge < -0.3 is 25.0 Å². The number of amides is 1. The van der Waals surface area contributed by atoms with Gasteiger partial charge in [0.25, 0.3) is 5.91 Å². The quantitative estimate of drug-likeness (QED) is 0.372. The van der Waals surface area contributed by atoms with E-state index in [-0.39, 0.29) is 18.4 Å². The fourth-order valence-corrected chi connectivity index (χ4v) is 4.85. The average molecular weight is 450 g/mol. The minimum absolute atomic E-state index is 0.0247. The second kappa shape index (κ2) is 8.37. The summed E-state index contributed by atoms with van der Waals surface area (Å²) in [6.07, 6.45) is 0. The summed E-state index contributed by atoms with van der Waals surface area (Å²) in [5.41, 5.74) is 4.24. The van der Waals surface area contributed by atoms with E-state index in [1.54, 1.807) is 12.0 Å². The van der Waals surface area contributed by atoms with E-state index in [1.807, 2.05) is 42.5 Å². The van der Waals surface area contributed by atoms with E-state index in [0.29, 0.717) is 24.7 Å². The molecule has 0 saturated heterocycles. The van der Waals surface area contributed by atoms with Crippen LogP contribution in [0.25, 0.3) is 21.7 Å². The van der Waals surface area contributed by atoms with Crippen LogP contribution in [0, 0.1) is 0 Å². The van der Waals surface area contributed by atoms with Crippen LogP contribution in [0.3, 0.4) is 0 Å². The second-order valence-corrected chi connectivity index (χ2v) is 8.26. The molecule has 4 aromatic rings. The molecule has 0 radical (unpaired) electrons. The number of aromatic amines is 1. The number of alkyl halides is 1. The van der Waals surface area contributed by atoms with Crippen molar-refractivity contribution in [3.8, 4) is 5.75 Å². The Morgan fingerprint density at radius 1 is 1.22 bits per heavy atom. The molecule has 0 bridgehead atoms. The van der Waals surface area contributed by atoms with Crippen LogP contribution >= 0.6 is 11.6 Å². The van der Waals surface area contributed by atoms with Crippen LogP contribution < -0.4 is 15.0 Å². The first kappa shape index (κ1) is 20.7. The zero-order chi connectivity index (χ0) is 22.2. The molecule has 6 nitrogen and oxygen atoms in total. The van der Waals surface area contributed by atoms with Crippen LogP contribution in [0.5, 0.6) is 5.75 Å². The molecule has 1 atom stereocenters. The van der Waals surface area contributed by atoms with Gasteiger partial charge in [-0.25, -0.2) is 0 Å². The molecule has 1 aliphatic heterocycles. The van der Waals surface area contributed by atoms with Gasteiger partial charge in [-0.2, -0.15) is 0 Å². The van der Waals surface area contributed by atoms with E-state index >= 15 is 0 Å². The molecule has 0 fully saturated rings. The van der Waals surface area contributed by atoms with Crippen LogP contribution in [0.1, 0.15) is 22.0 Å². The highest BCUT2D eigenvalue weighted by Crippen LogP contribution is 2.45. The highest BCUT2D eigenvalue weighted by Gasteiger charge is 2.35. The lowest BCUT2D eigenvalue weighted by Crippen LogP contribution is -2.30. The number of rotatable bonds is 6. The third-order valence-corrected chi connectivity index (χ3v) is 6.46. The number of aliphatic hydroxyl groups is 1. The molecule has 1 unspecified atom stereocenters. The van der Waals surface area contributed by atoms with Crippen LogP contribution in [-0.4, -0.2) is 48.7 Å². The fourth-order valence-electron chi connectivity index (χ4n) is 4.60. The number of nitrogens with one attached hydrogen (secondary N) is 2. The van der Waals surface area contributed by atoms with E-state index in [0.717, 1.165) is 44.4 Å². The van der Waals surface area contributed by atoms with Crippen LogP contribution in [0.2, 0.25) is 0 Å². The Bertz CT molecular complexity index is 1320. The molecule has 164 valence electrons. The number of nitrogens with zero attached hydrogens (tertiary/aromatic N) is 1. The minimum Gasteiger partial charge on any atom is -0.497 e. The summed E-state index contributed by atoms with van der Waals surface area (Å²) in [5.74, 6) is 1.11. The zero-order valence-corrected chi connectivity index (χ0v) is 18.4. The predicted octanol–water partition coefficient (Wildman–Crippen LogP) is 4.72. The number of carbonyl (C=O) groups excluding carboxylic acids is 1. The topological polar surface area (TPSA) is 77.6 Å². The number of fused-ring (bicyclic) bond motifs is 4. The van der Waals surface area contributed by atoms with Crippen molar-refractivity contribution in [1.29, 1.82) is 0 Å². The number of hydrogen-bond acceptors (Lipinski definition) is 4. The number of ether oxygens (including phenoxy) is 1. The average Bonchev–Trinajstić information content (AvgIpc) is 3.43. The van der Waals surface area contributed by atoms with Crippen molar-refractivity contribution in [3.05, 3.63) is 65.9 Å². The summed E-state index contributed by atoms with van der Waals surface area (Å²) in [4.78, 5) is 18.7. The van der Waals surface area contributed by atoms with Gasteiger partial charge in [0, 0.05) is 46.9 Å². The van der Waals surface area contributed by atoms with E-state index in [9.17, 15) is 9.90 Å². The van der Waals surface area contributed by atoms with Crippen LogP contribution in [0.4, 0.5) is 11.4 Å². The summed E-state index contributed by atoms with van der Waals surface area (Å²) in [7, 11) is 1.63. The predicted molar refractivity (Wildman–Crippen MR) is 130 cm³/mol. The van der Waals surface area contributed by atoms with Gasteiger partial charge >= 0.3 is 0 Å². The number of benzene rings is 3. The van der Waals surface area contributed by atoms with Crippen molar-refractivity contribution in [1.82, 2.24) is 4.98 Å². The van der Waals surface area contributed by atoms with E-state index < -0.39 is 0 Å². The first-order valence-electron chi connectivity index (χ1n) is 10.6. The number of aliphatic hydroxyl groups excluding tert-OH is 1. The molecule has 7 heteroatoms. The highest BCUT2D eigenvalue weighted by molar-refractivity contribution is 6.19. The number of methoxy groups -OCH3 is 1. The lowest BCUT2D eigenvalue weighted by molar-refractivity contribution is 0.0984. The molecule has 0 spiro atoms. The number of H-pyrrole nitrogens is 1. The van der Waals surface area contributed by atoms with Gasteiger partial charge in [-0.05, 0) is 41.3 Å². The number of anilines is 2. The lowest BCUT2D eigenvalue weighted by Gasteiger charge is -2.19. The minimum atomic E-state index is -0.0996. The molecule has 1 amide bonds. The van der Waals surface area contributed by atoms with Crippen LogP contribution in [-0.2, 0) is 0 Å². The lowest BCUT2D eigenvalue weighted by atomic mass is 9.95. The van der Waals surface area contributed by atoms with Gasteiger partial charge in [0.15, 0.2) is 0 Å². The normalized spacial score (nSPS) is 15.3. The summed E-state index contributed by atoms with van der Waals surface area (Å²) >= 11 is 6.36. The maximum absolute atomic E-state index is 13.6. The van der Waals surface area contributed by atoms with Gasteiger partial charge in [0.1, 0.15) is 11.4 Å². The van der Waals surface area contributed by atoms with Crippen molar-refractivity contribution >= 4 is 50.6 Å². The molecule has 1 aliphatic rings. The van der Waals surface area contributed by atoms with Crippen molar-refractivity contribution in [2.45, 2.75) is 5.92 Å². The fraction of sp³-hybridized carbons (Fsp3) is 0.240. The molecular formula is C25H24ClN3O3. The molecule has 5 rings (SSSR count). The summed E-state index contributed by atoms with van der Waals surface area (Å²) < 4.78 is 5.30. The van der Waals surface area contributed by atoms with E-state index in [1.165, 1.54) is 0 Å². The summed E-state index contributed by atoms with van der Waals surface area (Å²) in [6.45, 7) is 0.972. The number of carbonyl (C=O) groups is 1. The Balaban J connectivity index is 1.61. The number of hydrogen-bond donors (Lipinski definition) is 3. The molecule has 3 aromatic carbocycles. The third-order valence-electron chi connectivity index (χ3n) is 6.08. The van der Waals surface area contributed by atoms with Crippen molar-refractivity contribution in [2.75, 3.05) is 42.9 Å². The van der Waals surface area contributed by atoms with Gasteiger partial charge in [0.2, 0.25) is 0 Å². The molecule has 3 N–H and O–H groups in total. The number of aromatic nitrogens is 1. The molecule has 2 heterocycles. The van der Waals surface area contributed by atoms with Gasteiger partial charge in [0.05, 0.1) is 19.4 Å². The Morgan fingerprint density at radius 3 is 2.78 bits per heavy atom. The third kappa shape index (κ3) is 3.36. The van der Waals surface area contributed by atoms with Gasteiger partial charge in [-0.1, -0.05) is 24.3 Å². The maximum atomic E-state index is 13.6. The largest absolute Gasteiger partial charge is 0.497 e. The monoisotopic (exact) mass is 449 g/mol. The second-order valence-electron chi connectivity index (χ2n) is 7.96. The Morgan fingerprint density at radius 2 is 2.03 bits per heavy atom. The van der Waals surface area contributed by atoms with Gasteiger partial charge in [-0.15, -0.1) is 11.6 Å². The molecule has 32 heavy (non-hydrogen) atoms. The first-order valence-corrected chi connectivity index (χ1v) is 11.1. The van der Waals surface area contributed by atoms with Crippen molar-refractivity contribution in [2.24, 2.45) is 0 Å².